The standard InChI is InChI=1S/C5H9BrO2S/c1-2-4-8-9(7)5-3-6/h2H,1,3-5H2. The molecule has 0 rings (SSSR count). The lowest BCUT2D eigenvalue weighted by Gasteiger charge is -1.95. The van der Waals surface area contributed by atoms with E-state index in [0.29, 0.717) is 17.7 Å². The van der Waals surface area contributed by atoms with Crippen LogP contribution in [-0.2, 0) is 15.3 Å². The maximum absolute atomic E-state index is 10.6. The van der Waals surface area contributed by atoms with Gasteiger partial charge in [0.25, 0.3) is 0 Å². The van der Waals surface area contributed by atoms with Crippen molar-refractivity contribution in [3.05, 3.63) is 12.7 Å². The second kappa shape index (κ2) is 6.45. The van der Waals surface area contributed by atoms with Crippen LogP contribution in [0.25, 0.3) is 0 Å². The summed E-state index contributed by atoms with van der Waals surface area (Å²) in [6, 6.07) is 0. The van der Waals surface area contributed by atoms with Gasteiger partial charge in [-0.25, -0.2) is 4.21 Å². The average Bonchev–Trinajstić information content (AvgIpc) is 1.85. The Balaban J connectivity index is 3.16. The first-order valence-corrected chi connectivity index (χ1v) is 4.86. The zero-order chi connectivity index (χ0) is 7.11. The molecule has 0 saturated heterocycles. The Bertz CT molecular complexity index is 105. The zero-order valence-electron chi connectivity index (χ0n) is 5.01. The van der Waals surface area contributed by atoms with E-state index in [9.17, 15) is 4.21 Å². The van der Waals surface area contributed by atoms with E-state index in [1.807, 2.05) is 0 Å². The molecule has 0 aromatic carbocycles. The van der Waals surface area contributed by atoms with Crippen LogP contribution in [0.1, 0.15) is 0 Å². The first kappa shape index (κ1) is 9.33. The van der Waals surface area contributed by atoms with Gasteiger partial charge in [0.1, 0.15) is 0 Å². The van der Waals surface area contributed by atoms with Crippen LogP contribution in [0.3, 0.4) is 0 Å². The van der Waals surface area contributed by atoms with Crippen molar-refractivity contribution in [2.24, 2.45) is 0 Å². The zero-order valence-corrected chi connectivity index (χ0v) is 7.41. The molecule has 1 unspecified atom stereocenters. The lowest BCUT2D eigenvalue weighted by molar-refractivity contribution is 0.396. The number of rotatable bonds is 5. The van der Waals surface area contributed by atoms with Gasteiger partial charge in [0.05, 0.1) is 12.4 Å². The Hall–Kier alpha value is 0.330. The first-order chi connectivity index (χ1) is 4.31. The van der Waals surface area contributed by atoms with E-state index < -0.39 is 11.1 Å². The van der Waals surface area contributed by atoms with E-state index in [2.05, 4.69) is 22.5 Å². The fourth-order valence-corrected chi connectivity index (χ4v) is 1.53. The van der Waals surface area contributed by atoms with Crippen molar-refractivity contribution < 1.29 is 8.39 Å². The van der Waals surface area contributed by atoms with E-state index in [-0.39, 0.29) is 0 Å². The molecule has 0 aliphatic carbocycles. The van der Waals surface area contributed by atoms with Gasteiger partial charge >= 0.3 is 0 Å². The summed E-state index contributed by atoms with van der Waals surface area (Å²) in [5.41, 5.74) is 0. The quantitative estimate of drug-likeness (QED) is 0.507. The topological polar surface area (TPSA) is 26.3 Å². The summed E-state index contributed by atoms with van der Waals surface area (Å²) < 4.78 is 15.4. The molecule has 0 aliphatic heterocycles. The monoisotopic (exact) mass is 212 g/mol. The van der Waals surface area contributed by atoms with Gasteiger partial charge in [-0.2, -0.15) is 0 Å². The summed E-state index contributed by atoms with van der Waals surface area (Å²) in [6.07, 6.45) is 1.58. The Morgan fingerprint density at radius 2 is 2.44 bits per heavy atom. The van der Waals surface area contributed by atoms with Crippen molar-refractivity contribution in [1.29, 1.82) is 0 Å². The highest BCUT2D eigenvalue weighted by atomic mass is 79.9. The molecule has 0 aliphatic rings. The highest BCUT2D eigenvalue weighted by Gasteiger charge is 1.94. The molecule has 2 nitrogen and oxygen atoms in total. The molecule has 0 saturated carbocycles. The maximum Gasteiger partial charge on any atom is 0.156 e. The summed E-state index contributed by atoms with van der Waals surface area (Å²) in [5.74, 6) is 0.536. The van der Waals surface area contributed by atoms with Crippen molar-refractivity contribution in [2.45, 2.75) is 0 Å². The lowest BCUT2D eigenvalue weighted by atomic mass is 10.7. The Labute approximate surface area is 66.1 Å². The van der Waals surface area contributed by atoms with Crippen molar-refractivity contribution in [3.8, 4) is 0 Å². The molecule has 0 radical (unpaired) electrons. The van der Waals surface area contributed by atoms with Crippen LogP contribution in [-0.4, -0.2) is 21.9 Å². The van der Waals surface area contributed by atoms with Gasteiger partial charge in [-0.3, -0.25) is 4.18 Å². The smallest absolute Gasteiger partial charge is 0.156 e. The molecular formula is C5H9BrO2S. The normalized spacial score (nSPS) is 13.0. The van der Waals surface area contributed by atoms with Crippen LogP contribution in [0.15, 0.2) is 12.7 Å². The van der Waals surface area contributed by atoms with Crippen LogP contribution in [0.2, 0.25) is 0 Å². The Kier molecular flexibility index (Phi) is 6.69. The molecule has 0 bridgehead atoms. The molecule has 0 spiro atoms. The molecule has 0 heterocycles. The van der Waals surface area contributed by atoms with Crippen molar-refractivity contribution in [1.82, 2.24) is 0 Å². The molecule has 1 atom stereocenters. The van der Waals surface area contributed by atoms with Gasteiger partial charge in [0, 0.05) is 5.33 Å². The van der Waals surface area contributed by atoms with Gasteiger partial charge in [-0.05, 0) is 0 Å². The fraction of sp³-hybridized carbons (Fsp3) is 0.600. The van der Waals surface area contributed by atoms with Crippen LogP contribution >= 0.6 is 15.9 Å². The summed E-state index contributed by atoms with van der Waals surface area (Å²) in [6.45, 7) is 3.78. The minimum absolute atomic E-state index is 0.361. The van der Waals surface area contributed by atoms with E-state index in [1.165, 1.54) is 0 Å². The van der Waals surface area contributed by atoms with E-state index in [1.54, 1.807) is 6.08 Å². The van der Waals surface area contributed by atoms with Crippen molar-refractivity contribution in [3.63, 3.8) is 0 Å². The summed E-state index contributed by atoms with van der Waals surface area (Å²) in [5, 5.41) is 0.705. The minimum Gasteiger partial charge on any atom is -0.286 e. The average molecular weight is 213 g/mol. The van der Waals surface area contributed by atoms with Crippen LogP contribution < -0.4 is 0 Å². The van der Waals surface area contributed by atoms with Gasteiger partial charge < -0.3 is 0 Å². The molecule has 0 amide bonds. The van der Waals surface area contributed by atoms with Gasteiger partial charge in [-0.15, -0.1) is 6.58 Å². The summed E-state index contributed by atoms with van der Waals surface area (Å²) >= 11 is 2.00. The van der Waals surface area contributed by atoms with Crippen LogP contribution in [0.4, 0.5) is 0 Å². The third-order valence-electron chi connectivity index (χ3n) is 0.561. The molecule has 9 heavy (non-hydrogen) atoms. The van der Waals surface area contributed by atoms with Crippen molar-refractivity contribution >= 4 is 27.0 Å². The van der Waals surface area contributed by atoms with Crippen LogP contribution in [0, 0.1) is 0 Å². The molecule has 0 aromatic rings. The summed E-state index contributed by atoms with van der Waals surface area (Å²) in [4.78, 5) is 0. The SMILES string of the molecule is C=CCOS(=O)CCBr. The minimum atomic E-state index is -1.14. The maximum atomic E-state index is 10.6. The number of halogens is 1. The van der Waals surface area contributed by atoms with Crippen LogP contribution in [0.5, 0.6) is 0 Å². The number of hydrogen-bond acceptors (Lipinski definition) is 2. The molecule has 0 N–H and O–H groups in total. The van der Waals surface area contributed by atoms with Gasteiger partial charge in [0.15, 0.2) is 11.1 Å². The lowest BCUT2D eigenvalue weighted by Crippen LogP contribution is -2.02. The third-order valence-corrected chi connectivity index (χ3v) is 2.42. The van der Waals surface area contributed by atoms with Gasteiger partial charge in [0.2, 0.25) is 0 Å². The Morgan fingerprint density at radius 3 is 2.89 bits per heavy atom. The molecule has 4 heteroatoms. The predicted octanol–water partition coefficient (Wildman–Crippen LogP) is 1.25. The summed E-state index contributed by atoms with van der Waals surface area (Å²) in [7, 11) is 0. The fourth-order valence-electron chi connectivity index (χ4n) is 0.246. The molecular weight excluding hydrogens is 204 g/mol. The predicted molar refractivity (Wildman–Crippen MR) is 43.0 cm³/mol. The Morgan fingerprint density at radius 1 is 1.78 bits per heavy atom. The largest absolute Gasteiger partial charge is 0.286 e. The van der Waals surface area contributed by atoms with E-state index >= 15 is 0 Å². The van der Waals surface area contributed by atoms with E-state index in [4.69, 9.17) is 4.18 Å². The number of alkyl halides is 1. The van der Waals surface area contributed by atoms with Gasteiger partial charge in [-0.1, -0.05) is 22.0 Å². The molecule has 0 aromatic heterocycles. The number of hydrogen-bond donors (Lipinski definition) is 0. The highest BCUT2D eigenvalue weighted by molar-refractivity contribution is 9.09. The second-order valence-electron chi connectivity index (χ2n) is 1.27. The molecule has 0 fully saturated rings. The first-order valence-electron chi connectivity index (χ1n) is 2.49. The second-order valence-corrected chi connectivity index (χ2v) is 3.31. The van der Waals surface area contributed by atoms with Crippen molar-refractivity contribution in [2.75, 3.05) is 17.7 Å². The highest BCUT2D eigenvalue weighted by Crippen LogP contribution is 1.88. The third kappa shape index (κ3) is 6.21. The molecule has 54 valence electrons. The van der Waals surface area contributed by atoms with E-state index in [0.717, 1.165) is 0 Å².